The summed E-state index contributed by atoms with van der Waals surface area (Å²) in [7, 11) is 0. The number of aliphatic hydroxyl groups is 5. The number of rotatable bonds is 4. The molecule has 0 bridgehead atoms. The van der Waals surface area contributed by atoms with Crippen LogP contribution in [0.15, 0.2) is 42.2 Å². The van der Waals surface area contributed by atoms with Crippen molar-refractivity contribution in [1.29, 1.82) is 0 Å². The molecule has 2 aromatic rings. The average Bonchev–Trinajstić information content (AvgIpc) is 2.74. The molecule has 0 aliphatic carbocycles. The minimum Gasteiger partial charge on any atom is -0.571 e. The van der Waals surface area contributed by atoms with Crippen LogP contribution >= 0.6 is 0 Å². The van der Waals surface area contributed by atoms with Crippen LogP contribution in [0, 0.1) is 0 Å². The fourth-order valence-corrected chi connectivity index (χ4v) is 3.58. The van der Waals surface area contributed by atoms with Gasteiger partial charge in [0.25, 0.3) is 11.9 Å². The molecular weight excluding hydrogens is 412 g/mol. The Morgan fingerprint density at radius 2 is 1.61 bits per heavy atom. The van der Waals surface area contributed by atoms with Gasteiger partial charge in [-0.1, -0.05) is 0 Å². The third kappa shape index (κ3) is 3.99. The van der Waals surface area contributed by atoms with E-state index in [1.807, 2.05) is 0 Å². The first-order chi connectivity index (χ1) is 14.8. The Kier molecular flexibility index (Phi) is 5.65. The highest BCUT2D eigenvalue weighted by atomic mass is 16.7. The summed E-state index contributed by atoms with van der Waals surface area (Å²) in [6.45, 7) is -0.613. The van der Waals surface area contributed by atoms with E-state index in [0.717, 1.165) is 6.07 Å². The van der Waals surface area contributed by atoms with E-state index < -0.39 is 43.4 Å². The number of fused-ring (bicyclic) bond motifs is 1. The fourth-order valence-electron chi connectivity index (χ4n) is 3.58. The summed E-state index contributed by atoms with van der Waals surface area (Å²) in [5.41, 5.74) is 0.842. The number of benzene rings is 2. The first-order valence-corrected chi connectivity index (χ1v) is 9.53. The first-order valence-electron chi connectivity index (χ1n) is 9.53. The Hall–Kier alpha value is -3.02. The topological polar surface area (TPSA) is 173 Å². The predicted molar refractivity (Wildman–Crippen MR) is 105 cm³/mol. The minimum absolute atomic E-state index is 0.0376. The lowest BCUT2D eigenvalue weighted by Crippen LogP contribution is -2.59. The molecule has 31 heavy (non-hydrogen) atoms. The summed E-state index contributed by atoms with van der Waals surface area (Å²) in [4.78, 5) is 0. The van der Waals surface area contributed by atoms with Gasteiger partial charge in [-0.25, -0.2) is 0 Å². The molecule has 6 atom stereocenters. The second-order valence-corrected chi connectivity index (χ2v) is 7.38. The number of phenolic OH excluding ortho intramolecular Hbond substituents is 3. The normalized spacial score (nSPS) is 30.1. The van der Waals surface area contributed by atoms with Crippen molar-refractivity contribution in [3.8, 4) is 23.0 Å². The monoisotopic (exact) mass is 435 g/mol. The lowest BCUT2D eigenvalue weighted by Gasteiger charge is -2.40. The maximum atomic E-state index is 10.3. The van der Waals surface area contributed by atoms with Crippen LogP contribution in [0.2, 0.25) is 0 Å². The van der Waals surface area contributed by atoms with Crippen LogP contribution in [0.1, 0.15) is 17.2 Å². The quantitative estimate of drug-likeness (QED) is 0.325. The maximum absolute atomic E-state index is 10.3. The van der Waals surface area contributed by atoms with Gasteiger partial charge in [0, 0.05) is 12.1 Å². The summed E-state index contributed by atoms with van der Waals surface area (Å²) >= 11 is 0. The second kappa shape index (κ2) is 8.25. The third-order valence-electron chi connectivity index (χ3n) is 5.25. The number of hydrogen-bond acceptors (Lipinski definition) is 9. The summed E-state index contributed by atoms with van der Waals surface area (Å²) in [5, 5.41) is 69.3. The minimum atomic E-state index is -1.63. The number of aliphatic hydroxyl groups excluding tert-OH is 4. The van der Waals surface area contributed by atoms with Gasteiger partial charge in [-0.05, 0) is 24.3 Å². The lowest BCUT2D eigenvalue weighted by molar-refractivity contribution is -0.295. The molecule has 0 spiro atoms. The highest BCUT2D eigenvalue weighted by Crippen LogP contribution is 2.45. The highest BCUT2D eigenvalue weighted by molar-refractivity contribution is 5.69. The Labute approximate surface area is 176 Å². The number of phenols is 3. The van der Waals surface area contributed by atoms with Gasteiger partial charge in [0.2, 0.25) is 6.29 Å². The van der Waals surface area contributed by atoms with E-state index in [9.17, 15) is 35.7 Å². The van der Waals surface area contributed by atoms with Crippen LogP contribution in [0.25, 0.3) is 6.08 Å². The van der Waals surface area contributed by atoms with Gasteiger partial charge >= 0.3 is 0 Å². The first kappa shape index (κ1) is 21.2. The summed E-state index contributed by atoms with van der Waals surface area (Å²) in [5.74, 6) is 0.0184. The molecule has 166 valence electrons. The largest absolute Gasteiger partial charge is 0.571 e. The molecule has 8 N–H and O–H groups in total. The molecule has 1 fully saturated rings. The van der Waals surface area contributed by atoms with Crippen LogP contribution in [0.4, 0.5) is 0 Å². The number of hydrogen-bond donors (Lipinski definition) is 7. The van der Waals surface area contributed by atoms with E-state index >= 15 is 0 Å². The molecule has 2 aromatic carbocycles. The molecule has 1 saturated heterocycles. The van der Waals surface area contributed by atoms with Gasteiger partial charge in [0.1, 0.15) is 47.2 Å². The Balaban J connectivity index is 1.72. The van der Waals surface area contributed by atoms with Crippen LogP contribution in [-0.4, -0.2) is 77.8 Å². The molecule has 4 rings (SSSR count). The van der Waals surface area contributed by atoms with Gasteiger partial charge in [0.05, 0.1) is 18.2 Å². The van der Waals surface area contributed by atoms with Crippen molar-refractivity contribution in [1.82, 2.24) is 0 Å². The number of aromatic hydroxyl groups is 4. The third-order valence-corrected chi connectivity index (χ3v) is 5.25. The van der Waals surface area contributed by atoms with Crippen molar-refractivity contribution in [3.05, 3.63) is 53.3 Å². The Bertz CT molecular complexity index is 971. The molecule has 10 nitrogen and oxygen atoms in total. The van der Waals surface area contributed by atoms with Gasteiger partial charge in [-0.2, -0.15) is 0 Å². The zero-order chi connectivity index (χ0) is 22.3. The number of ether oxygens (including phenoxy) is 3. The molecule has 0 aromatic heterocycles. The summed E-state index contributed by atoms with van der Waals surface area (Å²) in [6, 6.07) is 8.60. The van der Waals surface area contributed by atoms with Crippen LogP contribution < -0.4 is 0 Å². The molecule has 0 radical (unpaired) electrons. The summed E-state index contributed by atoms with van der Waals surface area (Å²) in [6.07, 6.45) is -6.74. The van der Waals surface area contributed by atoms with E-state index in [4.69, 9.17) is 9.47 Å². The fraction of sp³-hybridized carbons (Fsp3) is 0.333. The van der Waals surface area contributed by atoms with E-state index in [2.05, 4.69) is 4.74 Å². The van der Waals surface area contributed by atoms with Gasteiger partial charge in [-0.3, -0.25) is 0 Å². The lowest BCUT2D eigenvalue weighted by atomic mass is 9.98. The predicted octanol–water partition coefficient (Wildman–Crippen LogP) is -0.0430. The van der Waals surface area contributed by atoms with Crippen molar-refractivity contribution in [2.24, 2.45) is 0 Å². The van der Waals surface area contributed by atoms with Crippen molar-refractivity contribution in [2.45, 2.75) is 36.8 Å². The highest BCUT2D eigenvalue weighted by Gasteiger charge is 2.46. The zero-order valence-electron chi connectivity index (χ0n) is 16.1. The SMILES string of the molecule is OCC1OC(OC2=Cc3c(O)cc(O)cc3[OH+]C2c2ccc(O)cc2)C(O)C(O)C1O. The summed E-state index contributed by atoms with van der Waals surface area (Å²) < 4.78 is 15.7. The molecular formula is C21H23O10+. The van der Waals surface area contributed by atoms with E-state index in [1.165, 1.54) is 24.3 Å². The van der Waals surface area contributed by atoms with Crippen molar-refractivity contribution >= 4 is 6.08 Å². The zero-order valence-corrected chi connectivity index (χ0v) is 16.1. The van der Waals surface area contributed by atoms with Gasteiger partial charge in [0.15, 0.2) is 5.76 Å². The smallest absolute Gasteiger partial charge is 0.270 e. The van der Waals surface area contributed by atoms with Crippen molar-refractivity contribution in [3.63, 3.8) is 0 Å². The standard InChI is InChI=1S/C21H22O10/c22-8-16-17(26)18(27)19(28)21(31-16)30-15-7-12-13(25)5-11(24)6-14(12)29-20(15)9-1-3-10(23)4-2-9/h1-7,16-28H,8H2/p+1. The van der Waals surface area contributed by atoms with Crippen molar-refractivity contribution in [2.75, 3.05) is 6.61 Å². The molecule has 0 amide bonds. The maximum Gasteiger partial charge on any atom is 0.270 e. The molecule has 0 saturated carbocycles. The van der Waals surface area contributed by atoms with Gasteiger partial charge < -0.3 is 50.0 Å². The van der Waals surface area contributed by atoms with Crippen LogP contribution in [0.3, 0.4) is 0 Å². The van der Waals surface area contributed by atoms with E-state index in [0.29, 0.717) is 5.56 Å². The molecule has 2 aliphatic heterocycles. The molecule has 10 heteroatoms. The second-order valence-electron chi connectivity index (χ2n) is 7.38. The van der Waals surface area contributed by atoms with E-state index in [1.54, 1.807) is 12.1 Å². The molecule has 2 aliphatic rings. The van der Waals surface area contributed by atoms with E-state index in [-0.39, 0.29) is 34.3 Å². The van der Waals surface area contributed by atoms with Crippen LogP contribution in [0.5, 0.6) is 23.0 Å². The Morgan fingerprint density at radius 3 is 2.29 bits per heavy atom. The van der Waals surface area contributed by atoms with Gasteiger partial charge in [-0.15, -0.1) is 0 Å². The average molecular weight is 435 g/mol. The van der Waals surface area contributed by atoms with Crippen molar-refractivity contribution < 1.29 is 50.0 Å². The van der Waals surface area contributed by atoms with Crippen LogP contribution in [-0.2, 0) is 9.47 Å². The molecule has 2 heterocycles. The Morgan fingerprint density at radius 1 is 0.903 bits per heavy atom. The molecule has 6 unspecified atom stereocenters.